The molecule has 0 atom stereocenters. The first kappa shape index (κ1) is 16.0. The van der Waals surface area contributed by atoms with Crippen LogP contribution in [-0.4, -0.2) is 12.5 Å². The summed E-state index contributed by atoms with van der Waals surface area (Å²) < 4.78 is 13.6. The van der Waals surface area contributed by atoms with E-state index in [1.54, 1.807) is 12.1 Å². The number of benzene rings is 2. The van der Waals surface area contributed by atoms with E-state index in [2.05, 4.69) is 34.7 Å². The highest BCUT2D eigenvalue weighted by Gasteiger charge is 2.02. The highest BCUT2D eigenvalue weighted by molar-refractivity contribution is 5.79. The Balaban J connectivity index is 2.02. The summed E-state index contributed by atoms with van der Waals surface area (Å²) in [5.74, 6) is 0.468. The summed E-state index contributed by atoms with van der Waals surface area (Å²) in [7, 11) is 0. The number of nitrogens with zero attached hydrogens (tertiary/aromatic N) is 1. The number of aliphatic imine (C=N–C) groups is 1. The summed E-state index contributed by atoms with van der Waals surface area (Å²) in [6, 6.07) is 14.9. The Kier molecular flexibility index (Phi) is 5.95. The van der Waals surface area contributed by atoms with Crippen molar-refractivity contribution in [2.24, 2.45) is 4.99 Å². The maximum atomic E-state index is 13.6. The second kappa shape index (κ2) is 8.17. The van der Waals surface area contributed by atoms with Gasteiger partial charge in [0.2, 0.25) is 0 Å². The van der Waals surface area contributed by atoms with Crippen molar-refractivity contribution in [3.05, 3.63) is 71.0 Å². The van der Waals surface area contributed by atoms with Gasteiger partial charge in [0.15, 0.2) is 5.96 Å². The molecule has 0 aromatic heterocycles. The standard InChI is InChI=1S/C18H22FN3/c1-3-20-18(21-12-15-9-5-4-8-14(15)2)22-13-16-10-6-7-11-17(16)19/h4-11H,3,12-13H2,1-2H3,(H2,20,21,22). The average Bonchev–Trinajstić information content (AvgIpc) is 2.53. The number of hydrogen-bond donors (Lipinski definition) is 2. The van der Waals surface area contributed by atoms with Crippen LogP contribution in [0.25, 0.3) is 0 Å². The van der Waals surface area contributed by atoms with Crippen LogP contribution in [0.1, 0.15) is 23.6 Å². The summed E-state index contributed by atoms with van der Waals surface area (Å²) in [6.45, 7) is 5.86. The lowest BCUT2D eigenvalue weighted by Crippen LogP contribution is -2.36. The van der Waals surface area contributed by atoms with E-state index in [-0.39, 0.29) is 5.82 Å². The molecule has 0 bridgehead atoms. The van der Waals surface area contributed by atoms with Gasteiger partial charge in [0.05, 0.1) is 6.54 Å². The second-order valence-electron chi connectivity index (χ2n) is 5.07. The topological polar surface area (TPSA) is 36.4 Å². The molecule has 0 aliphatic heterocycles. The summed E-state index contributed by atoms with van der Waals surface area (Å²) in [4.78, 5) is 4.44. The quantitative estimate of drug-likeness (QED) is 0.656. The fourth-order valence-corrected chi connectivity index (χ4v) is 2.12. The van der Waals surface area contributed by atoms with Crippen LogP contribution in [-0.2, 0) is 13.1 Å². The van der Waals surface area contributed by atoms with Gasteiger partial charge < -0.3 is 10.6 Å². The van der Waals surface area contributed by atoms with E-state index < -0.39 is 0 Å². The molecule has 3 nitrogen and oxygen atoms in total. The van der Waals surface area contributed by atoms with E-state index in [1.807, 2.05) is 25.1 Å². The maximum absolute atomic E-state index is 13.6. The largest absolute Gasteiger partial charge is 0.357 e. The first-order valence-electron chi connectivity index (χ1n) is 7.50. The Bertz CT molecular complexity index is 638. The number of halogens is 1. The van der Waals surface area contributed by atoms with Gasteiger partial charge in [-0.2, -0.15) is 0 Å². The summed E-state index contributed by atoms with van der Waals surface area (Å²) in [5, 5.41) is 6.46. The third kappa shape index (κ3) is 4.58. The van der Waals surface area contributed by atoms with Crippen LogP contribution in [0, 0.1) is 12.7 Å². The lowest BCUT2D eigenvalue weighted by molar-refractivity contribution is 0.610. The van der Waals surface area contributed by atoms with Gasteiger partial charge in [-0.15, -0.1) is 0 Å². The van der Waals surface area contributed by atoms with Gasteiger partial charge in [0.25, 0.3) is 0 Å². The molecule has 116 valence electrons. The Morgan fingerprint density at radius 3 is 2.36 bits per heavy atom. The molecule has 2 N–H and O–H groups in total. The number of hydrogen-bond acceptors (Lipinski definition) is 1. The fraction of sp³-hybridized carbons (Fsp3) is 0.278. The molecule has 0 heterocycles. The van der Waals surface area contributed by atoms with E-state index in [0.717, 1.165) is 6.54 Å². The minimum Gasteiger partial charge on any atom is -0.357 e. The van der Waals surface area contributed by atoms with Crippen molar-refractivity contribution in [1.29, 1.82) is 0 Å². The molecule has 0 fully saturated rings. The van der Waals surface area contributed by atoms with Gasteiger partial charge in [0, 0.05) is 18.7 Å². The number of rotatable bonds is 5. The minimum atomic E-state index is -0.221. The molecule has 0 unspecified atom stereocenters. The highest BCUT2D eigenvalue weighted by atomic mass is 19.1. The third-order valence-electron chi connectivity index (χ3n) is 3.42. The van der Waals surface area contributed by atoms with Crippen LogP contribution in [0.2, 0.25) is 0 Å². The zero-order valence-corrected chi connectivity index (χ0v) is 13.1. The molecular formula is C18H22FN3. The van der Waals surface area contributed by atoms with Crippen LogP contribution >= 0.6 is 0 Å². The fourth-order valence-electron chi connectivity index (χ4n) is 2.12. The van der Waals surface area contributed by atoms with Crippen molar-refractivity contribution in [2.45, 2.75) is 26.9 Å². The predicted octanol–water partition coefficient (Wildman–Crippen LogP) is 3.39. The first-order valence-corrected chi connectivity index (χ1v) is 7.50. The average molecular weight is 299 g/mol. The Morgan fingerprint density at radius 1 is 1.00 bits per heavy atom. The van der Waals surface area contributed by atoms with Gasteiger partial charge >= 0.3 is 0 Å². The zero-order chi connectivity index (χ0) is 15.8. The van der Waals surface area contributed by atoms with Crippen LogP contribution in [0.4, 0.5) is 4.39 Å². The van der Waals surface area contributed by atoms with E-state index in [1.165, 1.54) is 17.2 Å². The van der Waals surface area contributed by atoms with Crippen molar-refractivity contribution >= 4 is 5.96 Å². The first-order chi connectivity index (χ1) is 10.7. The summed E-state index contributed by atoms with van der Waals surface area (Å²) in [6.07, 6.45) is 0. The van der Waals surface area contributed by atoms with Gasteiger partial charge in [-0.3, -0.25) is 0 Å². The third-order valence-corrected chi connectivity index (χ3v) is 3.42. The van der Waals surface area contributed by atoms with E-state index in [4.69, 9.17) is 0 Å². The lowest BCUT2D eigenvalue weighted by atomic mass is 10.1. The molecule has 0 saturated carbocycles. The van der Waals surface area contributed by atoms with Crippen LogP contribution in [0.5, 0.6) is 0 Å². The minimum absolute atomic E-state index is 0.221. The molecule has 0 aliphatic carbocycles. The molecule has 2 rings (SSSR count). The molecule has 0 radical (unpaired) electrons. The Morgan fingerprint density at radius 2 is 1.68 bits per heavy atom. The normalized spacial score (nSPS) is 11.3. The van der Waals surface area contributed by atoms with Crippen LogP contribution in [0.3, 0.4) is 0 Å². The van der Waals surface area contributed by atoms with Gasteiger partial charge in [-0.1, -0.05) is 42.5 Å². The van der Waals surface area contributed by atoms with Crippen molar-refractivity contribution in [2.75, 3.05) is 6.54 Å². The molecule has 22 heavy (non-hydrogen) atoms. The van der Waals surface area contributed by atoms with Gasteiger partial charge in [-0.25, -0.2) is 9.38 Å². The van der Waals surface area contributed by atoms with Gasteiger partial charge in [-0.05, 0) is 31.0 Å². The molecule has 0 spiro atoms. The van der Waals surface area contributed by atoms with Crippen LogP contribution in [0.15, 0.2) is 53.5 Å². The summed E-state index contributed by atoms with van der Waals surface area (Å²) in [5.41, 5.74) is 3.05. The second-order valence-corrected chi connectivity index (χ2v) is 5.07. The van der Waals surface area contributed by atoms with Crippen LogP contribution < -0.4 is 10.6 Å². The van der Waals surface area contributed by atoms with Crippen molar-refractivity contribution in [1.82, 2.24) is 10.6 Å². The van der Waals surface area contributed by atoms with Gasteiger partial charge in [0.1, 0.15) is 5.82 Å². The molecule has 0 saturated heterocycles. The van der Waals surface area contributed by atoms with Crippen molar-refractivity contribution < 1.29 is 4.39 Å². The predicted molar refractivity (Wildman–Crippen MR) is 89.2 cm³/mol. The van der Waals surface area contributed by atoms with E-state index in [0.29, 0.717) is 24.6 Å². The monoisotopic (exact) mass is 299 g/mol. The summed E-state index contributed by atoms with van der Waals surface area (Å²) >= 11 is 0. The molecule has 2 aromatic rings. The lowest BCUT2D eigenvalue weighted by Gasteiger charge is -2.12. The molecule has 4 heteroatoms. The SMILES string of the molecule is CCNC(=NCc1ccccc1F)NCc1ccccc1C. The molecule has 0 aliphatic rings. The Hall–Kier alpha value is -2.36. The maximum Gasteiger partial charge on any atom is 0.191 e. The zero-order valence-electron chi connectivity index (χ0n) is 13.1. The number of nitrogens with one attached hydrogen (secondary N) is 2. The van der Waals surface area contributed by atoms with Crippen molar-refractivity contribution in [3.63, 3.8) is 0 Å². The van der Waals surface area contributed by atoms with E-state index >= 15 is 0 Å². The van der Waals surface area contributed by atoms with Crippen molar-refractivity contribution in [3.8, 4) is 0 Å². The smallest absolute Gasteiger partial charge is 0.191 e. The molecular weight excluding hydrogens is 277 g/mol. The number of aryl methyl sites for hydroxylation is 1. The molecule has 2 aromatic carbocycles. The highest BCUT2D eigenvalue weighted by Crippen LogP contribution is 2.08. The van der Waals surface area contributed by atoms with E-state index in [9.17, 15) is 4.39 Å². The Labute approximate surface area is 131 Å². The molecule has 0 amide bonds. The number of guanidine groups is 1.